The fraction of sp³-hybridized carbons (Fsp3) is 0.281. The lowest BCUT2D eigenvalue weighted by atomic mass is 10.1. The van der Waals surface area contributed by atoms with Crippen LogP contribution in [0.2, 0.25) is 10.0 Å². The summed E-state index contributed by atoms with van der Waals surface area (Å²) in [6, 6.07) is 20.8. The molecule has 0 aliphatic rings. The Balaban J connectivity index is 1.56. The largest absolute Gasteiger partial charge is 0.480 e. The highest BCUT2D eigenvalue weighted by molar-refractivity contribution is 7.99. The van der Waals surface area contributed by atoms with Crippen molar-refractivity contribution < 1.29 is 37.4 Å². The van der Waals surface area contributed by atoms with Gasteiger partial charge in [0.2, 0.25) is 6.35 Å². The normalized spacial score (nSPS) is 12.4. The Hall–Kier alpha value is -3.67. The number of para-hydroxylation sites is 1. The molecule has 0 aliphatic heterocycles. The molecule has 250 valence electrons. The average Bonchev–Trinajstić information content (AvgIpc) is 3.35. The van der Waals surface area contributed by atoms with Crippen LogP contribution in [0.15, 0.2) is 82.7 Å². The van der Waals surface area contributed by atoms with Crippen molar-refractivity contribution >= 4 is 54.6 Å². The lowest BCUT2D eigenvalue weighted by Crippen LogP contribution is -2.16. The number of imidazole rings is 1. The molecule has 11 nitrogen and oxygen atoms in total. The van der Waals surface area contributed by atoms with E-state index in [1.165, 1.54) is 11.8 Å². The van der Waals surface area contributed by atoms with Crippen LogP contribution in [0.25, 0.3) is 0 Å². The van der Waals surface area contributed by atoms with Crippen molar-refractivity contribution in [3.63, 3.8) is 0 Å². The van der Waals surface area contributed by atoms with Crippen molar-refractivity contribution in [3.05, 3.63) is 99.9 Å². The molecule has 4 aromatic rings. The highest BCUT2D eigenvalue weighted by atomic mass is 35.5. The van der Waals surface area contributed by atoms with E-state index in [9.17, 15) is 14.2 Å². The summed E-state index contributed by atoms with van der Waals surface area (Å²) in [6.07, 6.45) is -1.37. The number of amides is 1. The third kappa shape index (κ3) is 10.9. The van der Waals surface area contributed by atoms with E-state index in [2.05, 4.69) is 0 Å². The van der Waals surface area contributed by atoms with Crippen molar-refractivity contribution in [1.29, 1.82) is 0 Å². The number of halogens is 2. The van der Waals surface area contributed by atoms with Crippen LogP contribution in [0.1, 0.15) is 43.8 Å². The van der Waals surface area contributed by atoms with E-state index >= 15 is 0 Å². The second kappa shape index (κ2) is 16.9. The van der Waals surface area contributed by atoms with E-state index in [0.717, 1.165) is 21.2 Å². The smallest absolute Gasteiger partial charge is 0.416 e. The molecule has 0 saturated carbocycles. The van der Waals surface area contributed by atoms with Gasteiger partial charge in [0, 0.05) is 21.5 Å². The maximum atomic E-state index is 13.6. The minimum absolute atomic E-state index is 0.0383. The van der Waals surface area contributed by atoms with Crippen LogP contribution in [0.4, 0.5) is 4.79 Å². The van der Waals surface area contributed by atoms with Crippen molar-refractivity contribution in [2.24, 2.45) is 5.73 Å². The third-order valence-corrected chi connectivity index (χ3v) is 9.28. The SMILES string of the molecule is CCOC(=O)COP(=O)(COc1ccc(Cn2c(COC(N)=O)nc(C(C)C)c2Sc2cc(Cl)cc(Cl)c2)cc1)Oc1ccccc1. The Bertz CT molecular complexity index is 1700. The Morgan fingerprint density at radius 2 is 1.66 bits per heavy atom. The van der Waals surface area contributed by atoms with Crippen LogP contribution in [-0.4, -0.2) is 41.2 Å². The second-order valence-corrected chi connectivity index (χ2v) is 14.1. The lowest BCUT2D eigenvalue weighted by molar-refractivity contribution is -0.145. The van der Waals surface area contributed by atoms with Gasteiger partial charge in [-0.25, -0.2) is 19.1 Å². The Kier molecular flexibility index (Phi) is 13.0. The molecule has 0 fully saturated rings. The van der Waals surface area contributed by atoms with Gasteiger partial charge < -0.3 is 29.0 Å². The number of benzene rings is 3. The topological polar surface area (TPSA) is 141 Å². The molecule has 0 aliphatic carbocycles. The first kappa shape index (κ1) is 36.2. The second-order valence-electron chi connectivity index (χ2n) is 10.3. The highest BCUT2D eigenvalue weighted by Gasteiger charge is 2.30. The fourth-order valence-corrected chi connectivity index (χ4v) is 7.36. The summed E-state index contributed by atoms with van der Waals surface area (Å²) in [5.74, 6) is 0.548. The summed E-state index contributed by atoms with van der Waals surface area (Å²) in [6.45, 7) is 5.51. The molecule has 1 heterocycles. The van der Waals surface area contributed by atoms with Crippen LogP contribution in [-0.2, 0) is 36.5 Å². The lowest BCUT2D eigenvalue weighted by Gasteiger charge is -2.19. The Morgan fingerprint density at radius 3 is 2.28 bits per heavy atom. The van der Waals surface area contributed by atoms with Gasteiger partial charge in [-0.15, -0.1) is 0 Å². The van der Waals surface area contributed by atoms with Gasteiger partial charge in [0.25, 0.3) is 0 Å². The molecule has 1 atom stereocenters. The zero-order chi connectivity index (χ0) is 34.0. The molecule has 15 heteroatoms. The maximum Gasteiger partial charge on any atom is 0.416 e. The monoisotopic (exact) mass is 721 g/mol. The standard InChI is InChI=1S/C32H34Cl2N3O8PS/c1-4-41-29(38)19-44-46(40,45-26-8-6-5-7-9-26)20-43-25-12-10-22(11-13-25)17-37-28(18-42-32(35)39)36-30(21(2)3)31(37)47-27-15-23(33)14-24(34)16-27/h5-16,21H,4,17-20H2,1-3H3,(H2,35,39). The first-order valence-corrected chi connectivity index (χ1v) is 17.8. The molecule has 4 rings (SSSR count). The molecule has 0 radical (unpaired) electrons. The number of rotatable bonds is 16. The summed E-state index contributed by atoms with van der Waals surface area (Å²) in [4.78, 5) is 28.9. The molecule has 0 bridgehead atoms. The number of hydrogen-bond acceptors (Lipinski definition) is 10. The number of esters is 1. The van der Waals surface area contributed by atoms with Gasteiger partial charge in [-0.1, -0.05) is 79.1 Å². The molecule has 3 aromatic carbocycles. The van der Waals surface area contributed by atoms with Gasteiger partial charge >= 0.3 is 19.7 Å². The molecule has 1 amide bonds. The number of carbonyl (C=O) groups excluding carboxylic acids is 2. The number of ether oxygens (including phenoxy) is 3. The predicted octanol–water partition coefficient (Wildman–Crippen LogP) is 8.30. The molecule has 0 spiro atoms. The number of nitrogens with zero attached hydrogens (tertiary/aromatic N) is 2. The minimum Gasteiger partial charge on any atom is -0.480 e. The van der Waals surface area contributed by atoms with Crippen molar-refractivity contribution in [1.82, 2.24) is 9.55 Å². The van der Waals surface area contributed by atoms with E-state index < -0.39 is 32.6 Å². The average molecular weight is 723 g/mol. The van der Waals surface area contributed by atoms with E-state index in [1.54, 1.807) is 55.5 Å². The summed E-state index contributed by atoms with van der Waals surface area (Å²) in [7, 11) is -3.94. The molecule has 1 aromatic heterocycles. The van der Waals surface area contributed by atoms with E-state index in [0.29, 0.717) is 33.9 Å². The molecular formula is C32H34Cl2N3O8PS. The highest BCUT2D eigenvalue weighted by Crippen LogP contribution is 2.48. The molecule has 2 N–H and O–H groups in total. The van der Waals surface area contributed by atoms with E-state index in [-0.39, 0.29) is 19.1 Å². The molecule has 0 saturated heterocycles. The van der Waals surface area contributed by atoms with Crippen molar-refractivity contribution in [2.45, 2.75) is 49.8 Å². The van der Waals surface area contributed by atoms with Crippen molar-refractivity contribution in [3.8, 4) is 11.5 Å². The van der Waals surface area contributed by atoms with Crippen LogP contribution in [0.5, 0.6) is 11.5 Å². The number of nitrogens with two attached hydrogens (primary N) is 1. The molecule has 1 unspecified atom stereocenters. The van der Waals surface area contributed by atoms with Gasteiger partial charge in [-0.2, -0.15) is 0 Å². The quantitative estimate of drug-likeness (QED) is 0.0887. The van der Waals surface area contributed by atoms with Gasteiger partial charge in [-0.05, 0) is 60.9 Å². The third-order valence-electron chi connectivity index (χ3n) is 6.29. The van der Waals surface area contributed by atoms with Gasteiger partial charge in [0.1, 0.15) is 22.3 Å². The van der Waals surface area contributed by atoms with Crippen LogP contribution < -0.4 is 15.0 Å². The van der Waals surface area contributed by atoms with Gasteiger partial charge in [0.15, 0.2) is 13.2 Å². The maximum absolute atomic E-state index is 13.6. The zero-order valence-electron chi connectivity index (χ0n) is 25.9. The number of aromatic nitrogens is 2. The summed E-state index contributed by atoms with van der Waals surface area (Å²) >= 11 is 14.0. The first-order chi connectivity index (χ1) is 22.4. The fourth-order valence-electron chi connectivity index (χ4n) is 4.21. The van der Waals surface area contributed by atoms with Crippen LogP contribution >= 0.6 is 42.6 Å². The Morgan fingerprint density at radius 1 is 0.979 bits per heavy atom. The van der Waals surface area contributed by atoms with Crippen LogP contribution in [0, 0.1) is 0 Å². The predicted molar refractivity (Wildman–Crippen MR) is 180 cm³/mol. The minimum atomic E-state index is -3.94. The van der Waals surface area contributed by atoms with Gasteiger partial charge in [0.05, 0.1) is 12.3 Å². The summed E-state index contributed by atoms with van der Waals surface area (Å²) in [5.41, 5.74) is 6.92. The number of primary amides is 1. The van der Waals surface area contributed by atoms with Gasteiger partial charge in [-0.3, -0.25) is 4.52 Å². The van der Waals surface area contributed by atoms with E-state index in [1.807, 2.05) is 42.7 Å². The zero-order valence-corrected chi connectivity index (χ0v) is 29.1. The summed E-state index contributed by atoms with van der Waals surface area (Å²) in [5, 5.41) is 1.81. The number of carbonyl (C=O) groups is 2. The molecule has 47 heavy (non-hydrogen) atoms. The first-order valence-electron chi connectivity index (χ1n) is 14.5. The van der Waals surface area contributed by atoms with E-state index in [4.69, 9.17) is 57.2 Å². The van der Waals surface area contributed by atoms with Crippen molar-refractivity contribution in [2.75, 3.05) is 19.6 Å². The molecular weight excluding hydrogens is 688 g/mol. The summed E-state index contributed by atoms with van der Waals surface area (Å²) < 4.78 is 42.3. The van der Waals surface area contributed by atoms with Crippen LogP contribution in [0.3, 0.4) is 0 Å². The Labute approximate surface area is 287 Å². The number of hydrogen-bond donors (Lipinski definition) is 1.